The predicted octanol–water partition coefficient (Wildman–Crippen LogP) is -8.67. The molecule has 0 aliphatic carbocycles. The third kappa shape index (κ3) is 57.6. The zero-order chi connectivity index (χ0) is 31.1. The van der Waals surface area contributed by atoms with Crippen molar-refractivity contribution in [2.45, 2.75) is 102 Å². The first kappa shape index (κ1) is 54.9. The minimum Gasteiger partial charge on any atom is -0.759 e. The average Bonchev–Trinajstić information content (AvgIpc) is 2.91. The molecular formula is C23H52Na2O15S. The molecule has 242 valence electrons. The van der Waals surface area contributed by atoms with Crippen LogP contribution in [0.4, 0.5) is 0 Å². The van der Waals surface area contributed by atoms with Crippen LogP contribution in [0.2, 0.25) is 0 Å². The topological polar surface area (TPSA) is 292 Å². The summed E-state index contributed by atoms with van der Waals surface area (Å²) in [7, 11) is -5.17. The maximum Gasteiger partial charge on any atom is 1.00 e. The van der Waals surface area contributed by atoms with Crippen molar-refractivity contribution in [3.05, 3.63) is 0 Å². The van der Waals surface area contributed by atoms with Gasteiger partial charge in [0.2, 0.25) is 0 Å². The molecular weight excluding hydrogens is 594 g/mol. The van der Waals surface area contributed by atoms with Gasteiger partial charge in [-0.1, -0.05) is 64.7 Å². The van der Waals surface area contributed by atoms with Gasteiger partial charge in [-0.2, -0.15) is 0 Å². The molecule has 0 saturated heterocycles. The van der Waals surface area contributed by atoms with Gasteiger partial charge in [0.1, 0.15) is 30.5 Å². The van der Waals surface area contributed by atoms with E-state index in [1.807, 2.05) is 0 Å². The monoisotopic (exact) mass is 646 g/mol. The fourth-order valence-electron chi connectivity index (χ4n) is 2.45. The molecule has 18 heteroatoms. The van der Waals surface area contributed by atoms with Gasteiger partial charge in [-0.25, -0.2) is 0 Å². The zero-order valence-electron chi connectivity index (χ0n) is 24.8. The molecule has 1 unspecified atom stereocenters. The summed E-state index contributed by atoms with van der Waals surface area (Å²) < 4.78 is 39.3. The molecule has 41 heavy (non-hydrogen) atoms. The van der Waals surface area contributed by atoms with Crippen LogP contribution < -0.4 is 59.1 Å². The van der Waals surface area contributed by atoms with E-state index in [9.17, 15) is 0 Å². The van der Waals surface area contributed by atoms with E-state index >= 15 is 0 Å². The molecule has 5 atom stereocenters. The van der Waals surface area contributed by atoms with E-state index in [0.29, 0.717) is 6.61 Å². The largest absolute Gasteiger partial charge is 1.00 e. The van der Waals surface area contributed by atoms with E-state index in [1.54, 1.807) is 0 Å². The molecule has 0 aliphatic heterocycles. The van der Waals surface area contributed by atoms with Crippen LogP contribution in [0, 0.1) is 0 Å². The van der Waals surface area contributed by atoms with Crippen LogP contribution in [0.25, 0.3) is 0 Å². The molecule has 0 fully saturated rings. The number of unbranched alkanes of at least 4 members (excludes halogenated alkanes) is 9. The number of rotatable bonds is 20. The molecule has 0 amide bonds. The Kier molecular flexibility index (Phi) is 55.5. The van der Waals surface area contributed by atoms with Crippen LogP contribution >= 0.6 is 0 Å². The second kappa shape index (κ2) is 41.4. The Labute approximate surface area is 288 Å². The second-order valence-corrected chi connectivity index (χ2v) is 9.32. The molecule has 0 radical (unpaired) electrons. The van der Waals surface area contributed by atoms with Gasteiger partial charge in [0.15, 0.2) is 0 Å². The van der Waals surface area contributed by atoms with Gasteiger partial charge < -0.3 is 64.9 Å². The van der Waals surface area contributed by atoms with Crippen molar-refractivity contribution in [3.8, 4) is 0 Å². The Balaban J connectivity index is -0.000000112. The van der Waals surface area contributed by atoms with Crippen LogP contribution in [-0.2, 0) is 15.1 Å². The summed E-state index contributed by atoms with van der Waals surface area (Å²) in [5.41, 5.74) is 0. The maximum atomic E-state index is 9.04. The number of aliphatic hydroxyl groups excluding tert-OH is 10. The van der Waals surface area contributed by atoms with E-state index in [1.165, 1.54) is 57.8 Å². The summed E-state index contributed by atoms with van der Waals surface area (Å²) in [6.45, 7) is 0.897. The summed E-state index contributed by atoms with van der Waals surface area (Å²) in [5, 5.41) is 84.0. The minimum absolute atomic E-state index is 0. The fourth-order valence-corrected chi connectivity index (χ4v) is 2.45. The molecule has 0 saturated carbocycles. The molecule has 0 aliphatic rings. The Morgan fingerprint density at radius 1 is 0.561 bits per heavy atom. The van der Waals surface area contributed by atoms with E-state index in [2.05, 4.69) is 6.92 Å². The van der Waals surface area contributed by atoms with Crippen LogP contribution in [0.3, 0.4) is 0 Å². The maximum absolute atomic E-state index is 9.04. The van der Waals surface area contributed by atoms with Crippen molar-refractivity contribution in [3.63, 3.8) is 0 Å². The van der Waals surface area contributed by atoms with Crippen molar-refractivity contribution >= 4 is 10.4 Å². The Morgan fingerprint density at radius 3 is 1.07 bits per heavy atom. The molecule has 0 bridgehead atoms. The van der Waals surface area contributed by atoms with E-state index in [4.69, 9.17) is 73.3 Å². The molecule has 0 rings (SSSR count). The molecule has 15 nitrogen and oxygen atoms in total. The fraction of sp³-hybridized carbons (Fsp3) is 1.00. The van der Waals surface area contributed by atoms with Crippen molar-refractivity contribution in [1.82, 2.24) is 0 Å². The van der Waals surface area contributed by atoms with Crippen LogP contribution in [0.5, 0.6) is 0 Å². The molecule has 0 aromatic heterocycles. The van der Waals surface area contributed by atoms with E-state index in [0.717, 1.165) is 6.42 Å². The van der Waals surface area contributed by atoms with Crippen molar-refractivity contribution in [2.75, 3.05) is 46.2 Å². The van der Waals surface area contributed by atoms with Crippen LogP contribution in [-0.4, -0.2) is 145 Å². The van der Waals surface area contributed by atoms with Gasteiger partial charge in [0.25, 0.3) is 0 Å². The minimum atomic E-state index is -5.17. The molecule has 10 N–H and O–H groups in total. The van der Waals surface area contributed by atoms with Crippen LogP contribution in [0.15, 0.2) is 0 Å². The Hall–Kier alpha value is 1.43. The number of ether oxygens (including phenoxy) is 1. The smallest absolute Gasteiger partial charge is 0.759 e. The third-order valence-electron chi connectivity index (χ3n) is 4.80. The van der Waals surface area contributed by atoms with E-state index in [-0.39, 0.29) is 72.3 Å². The second-order valence-electron chi connectivity index (χ2n) is 8.50. The molecule has 0 spiro atoms. The summed E-state index contributed by atoms with van der Waals surface area (Å²) >= 11 is 0. The average molecular weight is 647 g/mol. The van der Waals surface area contributed by atoms with Crippen molar-refractivity contribution in [1.29, 1.82) is 0 Å². The summed E-state index contributed by atoms with van der Waals surface area (Å²) in [6, 6.07) is 0. The first-order valence-electron chi connectivity index (χ1n) is 12.9. The summed E-state index contributed by atoms with van der Waals surface area (Å²) in [5.74, 6) is 0. The molecule has 0 heterocycles. The zero-order valence-corrected chi connectivity index (χ0v) is 29.6. The first-order chi connectivity index (χ1) is 18.2. The first-order valence-corrected chi connectivity index (χ1v) is 14.3. The number of aliphatic hydroxyl groups is 10. The van der Waals surface area contributed by atoms with Gasteiger partial charge in [-0.05, 0) is 6.42 Å². The van der Waals surface area contributed by atoms with E-state index < -0.39 is 67.3 Å². The third-order valence-corrected chi connectivity index (χ3v) is 4.80. The van der Waals surface area contributed by atoms with Gasteiger partial charge >= 0.3 is 59.1 Å². The van der Waals surface area contributed by atoms with Crippen molar-refractivity contribution < 1.29 is 132 Å². The summed E-state index contributed by atoms with van der Waals surface area (Å²) in [4.78, 5) is 0. The normalized spacial score (nSPS) is 14.1. The molecule has 0 aromatic rings. The SMILES string of the molecule is CCCCCCCCCCCCOCC(O)CO.O=S(=O)([O-])[O-].OC[C@@H](O)[C@@H](O)CO.OC[C@@H](O)[C@@H](O)CO.[Na+].[Na+]. The number of hydrogen-bond donors (Lipinski definition) is 10. The predicted molar refractivity (Wildman–Crippen MR) is 139 cm³/mol. The van der Waals surface area contributed by atoms with Crippen LogP contribution in [0.1, 0.15) is 71.1 Å². The Morgan fingerprint density at radius 2 is 0.829 bits per heavy atom. The quantitative estimate of drug-likeness (QED) is 0.0254. The van der Waals surface area contributed by atoms with Gasteiger partial charge in [-0.15, -0.1) is 0 Å². The Bertz CT molecular complexity index is 525. The molecule has 0 aromatic carbocycles. The van der Waals surface area contributed by atoms with Gasteiger partial charge in [-0.3, -0.25) is 8.42 Å². The number of hydrogen-bond acceptors (Lipinski definition) is 15. The standard InChI is InChI=1S/C15H32O3.2C4H10O4.2Na.H2O4S/c1-2-3-4-5-6-7-8-9-10-11-12-18-14-15(17)13-16;2*5-1-3(7)4(8)2-6;;;1-5(2,3)4/h15-17H,2-14H2,1H3;2*3-8H,1-2H2;;;(H2,1,2,3,4)/q;;;2*+1;/p-2/t;2*3-,4+;;;. The van der Waals surface area contributed by atoms with Gasteiger partial charge in [0, 0.05) is 17.0 Å². The van der Waals surface area contributed by atoms with Crippen molar-refractivity contribution in [2.24, 2.45) is 0 Å². The van der Waals surface area contributed by atoms with Gasteiger partial charge in [0.05, 0.1) is 39.6 Å². The summed E-state index contributed by atoms with van der Waals surface area (Å²) in [6.07, 6.45) is 7.57.